The van der Waals surface area contributed by atoms with Gasteiger partial charge in [-0.05, 0) is 48.9 Å². The Balaban J connectivity index is 1.88. The lowest BCUT2D eigenvalue weighted by Crippen LogP contribution is -2.08. The van der Waals surface area contributed by atoms with Gasteiger partial charge in [-0.3, -0.25) is 4.98 Å². The minimum absolute atomic E-state index is 0.0305. The van der Waals surface area contributed by atoms with Crippen molar-refractivity contribution in [3.63, 3.8) is 0 Å². The molecule has 130 valence electrons. The second-order valence-corrected chi connectivity index (χ2v) is 9.05. The molecule has 1 unspecified atom stereocenters. The van der Waals surface area contributed by atoms with Gasteiger partial charge in [-0.1, -0.05) is 35.0 Å². The summed E-state index contributed by atoms with van der Waals surface area (Å²) in [5, 5.41) is 4.53. The Bertz CT molecular complexity index is 1000. The second-order valence-electron chi connectivity index (χ2n) is 5.86. The number of fused-ring (bicyclic) bond motifs is 1. The molecule has 1 atom stereocenters. The minimum Gasteiger partial charge on any atom is -0.378 e. The lowest BCUT2D eigenvalue weighted by Gasteiger charge is -2.17. The first-order valence-corrected chi connectivity index (χ1v) is 10.5. The van der Waals surface area contributed by atoms with Crippen LogP contribution < -0.4 is 5.32 Å². The molecule has 0 aliphatic heterocycles. The summed E-state index contributed by atoms with van der Waals surface area (Å²) in [6, 6.07) is 15.0. The topological polar surface area (TPSA) is 59.1 Å². The Morgan fingerprint density at radius 2 is 1.84 bits per heavy atom. The summed E-state index contributed by atoms with van der Waals surface area (Å²) >= 11 is 3.50. The molecule has 1 aromatic heterocycles. The summed E-state index contributed by atoms with van der Waals surface area (Å²) in [5.41, 5.74) is 2.93. The average molecular weight is 419 g/mol. The van der Waals surface area contributed by atoms with E-state index in [1.807, 2.05) is 43.3 Å². The van der Waals surface area contributed by atoms with Crippen LogP contribution in [0.2, 0.25) is 0 Å². The molecule has 0 amide bonds. The highest BCUT2D eigenvalue weighted by atomic mass is 79.9. The zero-order valence-electron chi connectivity index (χ0n) is 14.0. The van der Waals surface area contributed by atoms with Gasteiger partial charge in [0, 0.05) is 27.8 Å². The number of pyridine rings is 1. The quantitative estimate of drug-likeness (QED) is 0.635. The van der Waals surface area contributed by atoms with E-state index in [4.69, 9.17) is 0 Å². The average Bonchev–Trinajstić information content (AvgIpc) is 2.62. The van der Waals surface area contributed by atoms with Crippen molar-refractivity contribution in [3.8, 4) is 0 Å². The fourth-order valence-corrected chi connectivity index (χ4v) is 3.94. The van der Waals surface area contributed by atoms with Gasteiger partial charge in [0.25, 0.3) is 0 Å². The monoisotopic (exact) mass is 418 g/mol. The number of hydrogen-bond donors (Lipinski definition) is 1. The van der Waals surface area contributed by atoms with E-state index < -0.39 is 9.84 Å². The van der Waals surface area contributed by atoms with Crippen LogP contribution in [-0.4, -0.2) is 19.2 Å². The standard InChI is InChI=1S/C19H19BrN2O2S/c1-3-25(23,24)16-7-4-14(5-8-16)13(2)22-19-10-11-21-18-9-6-15(20)12-17(18)19/h4-13H,3H2,1-2H3,(H,21,22). The molecule has 0 saturated heterocycles. The van der Waals surface area contributed by atoms with Crippen LogP contribution in [0.1, 0.15) is 25.5 Å². The van der Waals surface area contributed by atoms with E-state index in [0.717, 1.165) is 26.6 Å². The third kappa shape index (κ3) is 3.85. The van der Waals surface area contributed by atoms with Crippen molar-refractivity contribution in [1.82, 2.24) is 4.98 Å². The lowest BCUT2D eigenvalue weighted by atomic mass is 10.1. The number of nitrogens with zero attached hydrogens (tertiary/aromatic N) is 1. The Labute approximate surface area is 156 Å². The fraction of sp³-hybridized carbons (Fsp3) is 0.211. The van der Waals surface area contributed by atoms with Crippen molar-refractivity contribution in [3.05, 3.63) is 64.8 Å². The molecule has 0 radical (unpaired) electrons. The number of benzene rings is 2. The predicted molar refractivity (Wildman–Crippen MR) is 106 cm³/mol. The van der Waals surface area contributed by atoms with Gasteiger partial charge in [0.05, 0.1) is 16.2 Å². The van der Waals surface area contributed by atoms with Crippen LogP contribution in [0.15, 0.2) is 64.1 Å². The number of aromatic nitrogens is 1. The first-order valence-electron chi connectivity index (χ1n) is 8.04. The van der Waals surface area contributed by atoms with Gasteiger partial charge >= 0.3 is 0 Å². The number of anilines is 1. The van der Waals surface area contributed by atoms with E-state index in [9.17, 15) is 8.42 Å². The number of halogens is 1. The summed E-state index contributed by atoms with van der Waals surface area (Å²) in [6.07, 6.45) is 1.78. The highest BCUT2D eigenvalue weighted by Crippen LogP contribution is 2.28. The maximum Gasteiger partial charge on any atom is 0.178 e. The molecule has 0 aliphatic rings. The molecule has 3 aromatic rings. The number of hydrogen-bond acceptors (Lipinski definition) is 4. The first-order chi connectivity index (χ1) is 11.9. The van der Waals surface area contributed by atoms with E-state index in [-0.39, 0.29) is 11.8 Å². The maximum atomic E-state index is 11.9. The Morgan fingerprint density at radius 3 is 2.52 bits per heavy atom. The highest BCUT2D eigenvalue weighted by molar-refractivity contribution is 9.10. The normalized spacial score (nSPS) is 12.9. The summed E-state index contributed by atoms with van der Waals surface area (Å²) in [4.78, 5) is 4.75. The molecule has 0 aliphatic carbocycles. The van der Waals surface area contributed by atoms with Gasteiger partial charge in [-0.2, -0.15) is 0 Å². The molecule has 2 aromatic carbocycles. The molecule has 0 spiro atoms. The summed E-state index contributed by atoms with van der Waals surface area (Å²) in [5.74, 6) is 0.109. The smallest absolute Gasteiger partial charge is 0.178 e. The van der Waals surface area contributed by atoms with Crippen molar-refractivity contribution >= 4 is 42.4 Å². The van der Waals surface area contributed by atoms with E-state index >= 15 is 0 Å². The minimum atomic E-state index is -3.17. The zero-order valence-corrected chi connectivity index (χ0v) is 16.4. The second kappa shape index (κ2) is 7.14. The van der Waals surface area contributed by atoms with Crippen LogP contribution in [0.5, 0.6) is 0 Å². The molecule has 3 rings (SSSR count). The van der Waals surface area contributed by atoms with Crippen molar-refractivity contribution < 1.29 is 8.42 Å². The van der Waals surface area contributed by atoms with Crippen molar-refractivity contribution in [2.45, 2.75) is 24.8 Å². The van der Waals surface area contributed by atoms with Crippen LogP contribution in [-0.2, 0) is 9.84 Å². The number of sulfone groups is 1. The molecule has 0 saturated carbocycles. The Kier molecular flexibility index (Phi) is 5.11. The van der Waals surface area contributed by atoms with E-state index in [2.05, 4.69) is 26.2 Å². The molecular weight excluding hydrogens is 400 g/mol. The molecular formula is C19H19BrN2O2S. The molecule has 25 heavy (non-hydrogen) atoms. The third-order valence-corrected chi connectivity index (χ3v) is 6.44. The van der Waals surface area contributed by atoms with Crippen LogP contribution in [0, 0.1) is 0 Å². The molecule has 1 N–H and O–H groups in total. The van der Waals surface area contributed by atoms with E-state index in [0.29, 0.717) is 4.90 Å². The van der Waals surface area contributed by atoms with Crippen molar-refractivity contribution in [1.29, 1.82) is 0 Å². The molecule has 1 heterocycles. The summed E-state index contributed by atoms with van der Waals surface area (Å²) < 4.78 is 24.8. The first kappa shape index (κ1) is 17.9. The maximum absolute atomic E-state index is 11.9. The van der Waals surface area contributed by atoms with E-state index in [1.165, 1.54) is 0 Å². The molecule has 6 heteroatoms. The summed E-state index contributed by atoms with van der Waals surface area (Å²) in [7, 11) is -3.17. The molecule has 0 fully saturated rings. The van der Waals surface area contributed by atoms with Gasteiger partial charge < -0.3 is 5.32 Å². The van der Waals surface area contributed by atoms with Gasteiger partial charge in [0.1, 0.15) is 0 Å². The van der Waals surface area contributed by atoms with Crippen LogP contribution in [0.25, 0.3) is 10.9 Å². The lowest BCUT2D eigenvalue weighted by molar-refractivity contribution is 0.597. The van der Waals surface area contributed by atoms with Gasteiger partial charge in [0.2, 0.25) is 0 Å². The number of rotatable bonds is 5. The largest absolute Gasteiger partial charge is 0.378 e. The Hall–Kier alpha value is -1.92. The van der Waals surface area contributed by atoms with Crippen LogP contribution in [0.3, 0.4) is 0 Å². The molecule has 0 bridgehead atoms. The predicted octanol–water partition coefficient (Wildman–Crippen LogP) is 4.96. The van der Waals surface area contributed by atoms with Gasteiger partial charge in [0.15, 0.2) is 9.84 Å². The van der Waals surface area contributed by atoms with Crippen molar-refractivity contribution in [2.75, 3.05) is 11.1 Å². The zero-order chi connectivity index (χ0) is 18.0. The summed E-state index contributed by atoms with van der Waals surface area (Å²) in [6.45, 7) is 3.70. The van der Waals surface area contributed by atoms with Gasteiger partial charge in [-0.25, -0.2) is 8.42 Å². The fourth-order valence-electron chi connectivity index (χ4n) is 2.69. The third-order valence-electron chi connectivity index (χ3n) is 4.19. The van der Waals surface area contributed by atoms with Gasteiger partial charge in [-0.15, -0.1) is 0 Å². The number of nitrogens with one attached hydrogen (secondary N) is 1. The molecule has 4 nitrogen and oxygen atoms in total. The SMILES string of the molecule is CCS(=O)(=O)c1ccc(C(C)Nc2ccnc3ccc(Br)cc23)cc1. The highest BCUT2D eigenvalue weighted by Gasteiger charge is 2.13. The van der Waals surface area contributed by atoms with Crippen LogP contribution in [0.4, 0.5) is 5.69 Å². The van der Waals surface area contributed by atoms with E-state index in [1.54, 1.807) is 25.3 Å². The van der Waals surface area contributed by atoms with Crippen LogP contribution >= 0.6 is 15.9 Å². The Morgan fingerprint density at radius 1 is 1.12 bits per heavy atom. The van der Waals surface area contributed by atoms with Crippen molar-refractivity contribution in [2.24, 2.45) is 0 Å².